The Balaban J connectivity index is 0.00000264. The number of ether oxygens (including phenoxy) is 1. The number of nitrogens with two attached hydrogens (primary N) is 1. The van der Waals surface area contributed by atoms with Crippen LogP contribution in [0.5, 0.6) is 5.75 Å². The molecule has 1 unspecified atom stereocenters. The molecule has 0 spiro atoms. The van der Waals surface area contributed by atoms with Crippen molar-refractivity contribution in [2.45, 2.75) is 19.9 Å². The van der Waals surface area contributed by atoms with Crippen LogP contribution in [-0.4, -0.2) is 19.1 Å². The van der Waals surface area contributed by atoms with Gasteiger partial charge >= 0.3 is 0 Å². The average molecular weight is 335 g/mol. The summed E-state index contributed by atoms with van der Waals surface area (Å²) < 4.78 is 5.58. The van der Waals surface area contributed by atoms with Gasteiger partial charge in [-0.15, -0.1) is 12.4 Å². The number of amides is 1. The van der Waals surface area contributed by atoms with E-state index in [4.69, 9.17) is 10.5 Å². The Kier molecular flexibility index (Phi) is 7.59. The molecular formula is C18H23ClN2O2. The van der Waals surface area contributed by atoms with Crippen LogP contribution in [0.2, 0.25) is 0 Å². The summed E-state index contributed by atoms with van der Waals surface area (Å²) in [6.45, 7) is 4.84. The molecule has 0 aliphatic heterocycles. The summed E-state index contributed by atoms with van der Waals surface area (Å²) in [4.78, 5) is 12.0. The van der Waals surface area contributed by atoms with Gasteiger partial charge in [0.05, 0.1) is 6.54 Å². The predicted molar refractivity (Wildman–Crippen MR) is 95.0 cm³/mol. The van der Waals surface area contributed by atoms with Crippen molar-refractivity contribution in [2.24, 2.45) is 5.73 Å². The minimum absolute atomic E-state index is 0. The highest BCUT2D eigenvalue weighted by Gasteiger charge is 2.14. The highest BCUT2D eigenvalue weighted by molar-refractivity contribution is 5.85. The summed E-state index contributed by atoms with van der Waals surface area (Å²) in [6.07, 6.45) is 0. The van der Waals surface area contributed by atoms with Gasteiger partial charge in [0.25, 0.3) is 0 Å². The number of benzene rings is 2. The lowest BCUT2D eigenvalue weighted by Crippen LogP contribution is -2.36. The van der Waals surface area contributed by atoms with Gasteiger partial charge in [0.15, 0.2) is 0 Å². The molecule has 23 heavy (non-hydrogen) atoms. The lowest BCUT2D eigenvalue weighted by molar-refractivity contribution is -0.122. The number of carbonyl (C=O) groups is 1. The second-order valence-corrected chi connectivity index (χ2v) is 5.34. The third kappa shape index (κ3) is 5.93. The number of halogens is 1. The molecule has 1 atom stereocenters. The van der Waals surface area contributed by atoms with E-state index >= 15 is 0 Å². The summed E-state index contributed by atoms with van der Waals surface area (Å²) in [5.41, 5.74) is 9.04. The van der Waals surface area contributed by atoms with E-state index in [0.29, 0.717) is 13.2 Å². The van der Waals surface area contributed by atoms with Crippen molar-refractivity contribution in [1.29, 1.82) is 0 Å². The van der Waals surface area contributed by atoms with E-state index in [1.807, 2.05) is 62.4 Å². The van der Waals surface area contributed by atoms with Crippen LogP contribution in [0, 0.1) is 13.8 Å². The number of aryl methyl sites for hydroxylation is 2. The van der Waals surface area contributed by atoms with Crippen LogP contribution >= 0.6 is 12.4 Å². The number of rotatable bonds is 6. The molecule has 0 saturated heterocycles. The molecule has 0 radical (unpaired) electrons. The highest BCUT2D eigenvalue weighted by Crippen LogP contribution is 2.12. The van der Waals surface area contributed by atoms with Crippen molar-refractivity contribution < 1.29 is 9.53 Å². The average Bonchev–Trinajstić information content (AvgIpc) is 2.51. The van der Waals surface area contributed by atoms with E-state index in [1.165, 1.54) is 0 Å². The molecule has 0 fully saturated rings. The van der Waals surface area contributed by atoms with E-state index in [1.54, 1.807) is 0 Å². The van der Waals surface area contributed by atoms with Crippen LogP contribution in [-0.2, 0) is 4.79 Å². The quantitative estimate of drug-likeness (QED) is 0.798. The summed E-state index contributed by atoms with van der Waals surface area (Å²) in [5.74, 6) is 0.605. The van der Waals surface area contributed by atoms with Gasteiger partial charge < -0.3 is 15.8 Å². The number of carbonyl (C=O) groups excluding carboxylic acids is 1. The van der Waals surface area contributed by atoms with E-state index in [0.717, 1.165) is 22.4 Å². The zero-order chi connectivity index (χ0) is 15.9. The molecule has 124 valence electrons. The topological polar surface area (TPSA) is 64.4 Å². The lowest BCUT2D eigenvalue weighted by atomic mass is 10.1. The molecule has 1 amide bonds. The maximum atomic E-state index is 12.0. The minimum Gasteiger partial charge on any atom is -0.492 e. The van der Waals surface area contributed by atoms with Crippen LogP contribution < -0.4 is 15.8 Å². The Hall–Kier alpha value is -2.04. The fraction of sp³-hybridized carbons (Fsp3) is 0.278. The van der Waals surface area contributed by atoms with Gasteiger partial charge in [-0.25, -0.2) is 0 Å². The fourth-order valence-electron chi connectivity index (χ4n) is 2.08. The van der Waals surface area contributed by atoms with Gasteiger partial charge in [-0.05, 0) is 37.1 Å². The maximum Gasteiger partial charge on any atom is 0.241 e. The summed E-state index contributed by atoms with van der Waals surface area (Å²) in [7, 11) is 0. The molecule has 0 aromatic heterocycles. The third-order valence-electron chi connectivity index (χ3n) is 3.38. The highest BCUT2D eigenvalue weighted by atomic mass is 35.5. The molecule has 0 bridgehead atoms. The molecule has 0 aliphatic rings. The monoisotopic (exact) mass is 334 g/mol. The van der Waals surface area contributed by atoms with Gasteiger partial charge in [-0.3, -0.25) is 4.79 Å². The zero-order valence-electron chi connectivity index (χ0n) is 13.4. The van der Waals surface area contributed by atoms with Crippen molar-refractivity contribution in [3.05, 3.63) is 65.2 Å². The molecule has 0 aliphatic carbocycles. The first-order valence-corrected chi connectivity index (χ1v) is 7.35. The number of hydrogen-bond acceptors (Lipinski definition) is 3. The van der Waals surface area contributed by atoms with Crippen LogP contribution in [0.1, 0.15) is 22.7 Å². The molecule has 2 rings (SSSR count). The normalized spacial score (nSPS) is 11.3. The smallest absolute Gasteiger partial charge is 0.241 e. The van der Waals surface area contributed by atoms with Crippen LogP contribution in [0.15, 0.2) is 48.5 Å². The molecule has 2 aromatic rings. The first-order valence-electron chi connectivity index (χ1n) is 7.35. The Bertz CT molecular complexity index is 629. The standard InChI is InChI=1S/C18H22N2O2.ClH/c1-13-6-8-15(9-7-13)17(19)18(21)20-10-11-22-16-5-3-4-14(2)12-16;/h3-9,12,17H,10-11,19H2,1-2H3,(H,20,21);1H. The second kappa shape index (κ2) is 9.18. The van der Waals surface area contributed by atoms with Gasteiger partial charge in [0, 0.05) is 0 Å². The molecule has 2 aromatic carbocycles. The first-order chi connectivity index (χ1) is 10.6. The summed E-state index contributed by atoms with van der Waals surface area (Å²) in [6, 6.07) is 14.8. The fourth-order valence-corrected chi connectivity index (χ4v) is 2.08. The molecule has 3 N–H and O–H groups in total. The number of nitrogens with one attached hydrogen (secondary N) is 1. The molecule has 0 heterocycles. The Morgan fingerprint density at radius 2 is 1.83 bits per heavy atom. The van der Waals surface area contributed by atoms with Crippen molar-refractivity contribution in [3.8, 4) is 5.75 Å². The Labute approximate surface area is 143 Å². The zero-order valence-corrected chi connectivity index (χ0v) is 14.2. The van der Waals surface area contributed by atoms with Crippen molar-refractivity contribution >= 4 is 18.3 Å². The summed E-state index contributed by atoms with van der Waals surface area (Å²) >= 11 is 0. The lowest BCUT2D eigenvalue weighted by Gasteiger charge is -2.13. The van der Waals surface area contributed by atoms with E-state index in [9.17, 15) is 4.79 Å². The molecule has 5 heteroatoms. The van der Waals surface area contributed by atoms with Crippen molar-refractivity contribution in [3.63, 3.8) is 0 Å². The molecule has 4 nitrogen and oxygen atoms in total. The van der Waals surface area contributed by atoms with Crippen LogP contribution in [0.4, 0.5) is 0 Å². The maximum absolute atomic E-state index is 12.0. The van der Waals surface area contributed by atoms with Crippen LogP contribution in [0.3, 0.4) is 0 Å². The molecular weight excluding hydrogens is 312 g/mol. The van der Waals surface area contributed by atoms with Gasteiger partial charge in [-0.1, -0.05) is 42.0 Å². The Morgan fingerprint density at radius 1 is 1.13 bits per heavy atom. The van der Waals surface area contributed by atoms with Gasteiger partial charge in [0.1, 0.15) is 18.4 Å². The minimum atomic E-state index is -0.653. The van der Waals surface area contributed by atoms with Crippen molar-refractivity contribution in [2.75, 3.05) is 13.2 Å². The SMILES string of the molecule is Cc1ccc(C(N)C(=O)NCCOc2cccc(C)c2)cc1.Cl. The van der Waals surface area contributed by atoms with Gasteiger partial charge in [0.2, 0.25) is 5.91 Å². The first kappa shape index (κ1) is 19.0. The predicted octanol–water partition coefficient (Wildman–Crippen LogP) is 2.92. The largest absolute Gasteiger partial charge is 0.492 e. The Morgan fingerprint density at radius 3 is 2.48 bits per heavy atom. The van der Waals surface area contributed by atoms with E-state index in [-0.39, 0.29) is 18.3 Å². The van der Waals surface area contributed by atoms with Gasteiger partial charge in [-0.2, -0.15) is 0 Å². The van der Waals surface area contributed by atoms with Crippen LogP contribution in [0.25, 0.3) is 0 Å². The van der Waals surface area contributed by atoms with E-state index < -0.39 is 6.04 Å². The van der Waals surface area contributed by atoms with E-state index in [2.05, 4.69) is 5.32 Å². The number of hydrogen-bond donors (Lipinski definition) is 2. The third-order valence-corrected chi connectivity index (χ3v) is 3.38. The van der Waals surface area contributed by atoms with Crippen molar-refractivity contribution in [1.82, 2.24) is 5.32 Å². The second-order valence-electron chi connectivity index (χ2n) is 5.34. The summed E-state index contributed by atoms with van der Waals surface area (Å²) in [5, 5.41) is 2.79. The molecule has 0 saturated carbocycles.